The molecule has 1 atom stereocenters. The van der Waals surface area contributed by atoms with Crippen LogP contribution in [0.3, 0.4) is 0 Å². The lowest BCUT2D eigenvalue weighted by Crippen LogP contribution is -2.45. The fourth-order valence-electron chi connectivity index (χ4n) is 4.26. The summed E-state index contributed by atoms with van der Waals surface area (Å²) in [6.07, 6.45) is 3.91. The van der Waals surface area contributed by atoms with Crippen LogP contribution in [-0.4, -0.2) is 48.2 Å². The van der Waals surface area contributed by atoms with Gasteiger partial charge in [-0.25, -0.2) is 8.42 Å². The van der Waals surface area contributed by atoms with E-state index in [0.29, 0.717) is 35.0 Å². The molecule has 0 spiro atoms. The molecular formula is C20H26N4O4S. The maximum absolute atomic E-state index is 13.2. The molecule has 1 aromatic heterocycles. The second-order valence-electron chi connectivity index (χ2n) is 7.73. The van der Waals surface area contributed by atoms with E-state index in [1.165, 1.54) is 4.68 Å². The molecule has 1 fully saturated rings. The van der Waals surface area contributed by atoms with Crippen molar-refractivity contribution in [2.24, 2.45) is 7.05 Å². The molecule has 156 valence electrons. The Morgan fingerprint density at radius 2 is 2.00 bits per heavy atom. The third kappa shape index (κ3) is 3.59. The molecule has 0 saturated carbocycles. The van der Waals surface area contributed by atoms with Gasteiger partial charge in [0.25, 0.3) is 15.9 Å². The number of nitrogens with zero attached hydrogens (tertiary/aromatic N) is 3. The van der Waals surface area contributed by atoms with Crippen molar-refractivity contribution in [3.63, 3.8) is 0 Å². The molecule has 0 bridgehead atoms. The van der Waals surface area contributed by atoms with Gasteiger partial charge < -0.3 is 9.64 Å². The van der Waals surface area contributed by atoms with Crippen LogP contribution in [0.25, 0.3) is 0 Å². The number of ether oxygens (including phenoxy) is 1. The van der Waals surface area contributed by atoms with Crippen LogP contribution in [0.15, 0.2) is 23.1 Å². The Balaban J connectivity index is 1.68. The lowest BCUT2D eigenvalue weighted by Gasteiger charge is -2.37. The van der Waals surface area contributed by atoms with Gasteiger partial charge in [0.05, 0.1) is 23.6 Å². The molecule has 1 aromatic carbocycles. The highest BCUT2D eigenvalue weighted by atomic mass is 32.2. The zero-order valence-electron chi connectivity index (χ0n) is 16.9. The summed E-state index contributed by atoms with van der Waals surface area (Å²) in [6.45, 7) is 4.65. The molecule has 1 amide bonds. The highest BCUT2D eigenvalue weighted by Crippen LogP contribution is 2.32. The van der Waals surface area contributed by atoms with Crippen molar-refractivity contribution in [1.82, 2.24) is 14.7 Å². The lowest BCUT2D eigenvalue weighted by atomic mass is 9.97. The number of nitrogens with one attached hydrogen (secondary N) is 1. The average Bonchev–Trinajstić information content (AvgIpc) is 2.93. The van der Waals surface area contributed by atoms with E-state index in [1.807, 2.05) is 4.90 Å². The second-order valence-corrected chi connectivity index (χ2v) is 9.34. The monoisotopic (exact) mass is 418 g/mol. The van der Waals surface area contributed by atoms with Gasteiger partial charge in [-0.15, -0.1) is 0 Å². The fourth-order valence-corrected chi connectivity index (χ4v) is 5.75. The summed E-state index contributed by atoms with van der Waals surface area (Å²) in [6, 6.07) is 5.05. The summed E-state index contributed by atoms with van der Waals surface area (Å²) < 4.78 is 35.9. The molecule has 4 rings (SSSR count). The van der Waals surface area contributed by atoms with Crippen LogP contribution < -0.4 is 9.46 Å². The number of amides is 1. The van der Waals surface area contributed by atoms with E-state index in [4.69, 9.17) is 4.74 Å². The van der Waals surface area contributed by atoms with Crippen molar-refractivity contribution < 1.29 is 17.9 Å². The van der Waals surface area contributed by atoms with E-state index in [9.17, 15) is 13.2 Å². The van der Waals surface area contributed by atoms with E-state index in [1.54, 1.807) is 39.1 Å². The maximum atomic E-state index is 13.2. The normalized spacial score (nSPS) is 19.6. The lowest BCUT2D eigenvalue weighted by molar-refractivity contribution is 0.0548. The highest BCUT2D eigenvalue weighted by molar-refractivity contribution is 7.92. The Labute approximate surface area is 170 Å². The number of piperidine rings is 1. The number of aryl methyl sites for hydroxylation is 2. The average molecular weight is 419 g/mol. The zero-order chi connectivity index (χ0) is 20.8. The van der Waals surface area contributed by atoms with Crippen LogP contribution in [0, 0.1) is 13.8 Å². The number of carbonyl (C=O) groups is 1. The molecule has 0 radical (unpaired) electrons. The third-order valence-corrected chi connectivity index (χ3v) is 7.40. The maximum Gasteiger partial charge on any atom is 0.265 e. The molecule has 3 heterocycles. The van der Waals surface area contributed by atoms with Gasteiger partial charge in [0.2, 0.25) is 0 Å². The molecule has 1 saturated heterocycles. The van der Waals surface area contributed by atoms with Crippen molar-refractivity contribution in [2.75, 3.05) is 17.9 Å². The number of anilines is 1. The predicted molar refractivity (Wildman–Crippen MR) is 109 cm³/mol. The molecule has 0 aliphatic carbocycles. The minimum absolute atomic E-state index is 0.0980. The van der Waals surface area contributed by atoms with Crippen LogP contribution in [0.4, 0.5) is 5.69 Å². The predicted octanol–water partition coefficient (Wildman–Crippen LogP) is 2.61. The van der Waals surface area contributed by atoms with Crippen LogP contribution in [0.1, 0.15) is 47.4 Å². The fraction of sp³-hybridized carbons (Fsp3) is 0.500. The van der Waals surface area contributed by atoms with Crippen LogP contribution in [0.2, 0.25) is 0 Å². The Kier molecular flexibility index (Phi) is 5.02. The Morgan fingerprint density at radius 3 is 2.72 bits per heavy atom. The van der Waals surface area contributed by atoms with E-state index in [2.05, 4.69) is 9.82 Å². The Bertz CT molecular complexity index is 1060. The third-order valence-electron chi connectivity index (χ3n) is 5.77. The summed E-state index contributed by atoms with van der Waals surface area (Å²) >= 11 is 0. The van der Waals surface area contributed by atoms with Crippen molar-refractivity contribution in [1.29, 1.82) is 0 Å². The van der Waals surface area contributed by atoms with Gasteiger partial charge in [0.1, 0.15) is 10.6 Å². The Morgan fingerprint density at radius 1 is 1.21 bits per heavy atom. The molecule has 2 aliphatic rings. The largest absolute Gasteiger partial charge is 0.493 e. The standard InChI is InChI=1S/C20H26N4O4S/c1-13-19(14(2)23(3)21-13)29(26,27)22-15-7-8-18-17(12-15)20(25)24-10-5-4-6-16(24)9-11-28-18/h7-8,12,16,22H,4-6,9-11H2,1-3H3/t16-/m0/s1. The molecule has 8 nitrogen and oxygen atoms in total. The van der Waals surface area contributed by atoms with E-state index in [-0.39, 0.29) is 16.8 Å². The van der Waals surface area contributed by atoms with Crippen LogP contribution in [-0.2, 0) is 17.1 Å². The molecule has 2 aliphatic heterocycles. The highest BCUT2D eigenvalue weighted by Gasteiger charge is 2.31. The Hall–Kier alpha value is -2.55. The molecule has 29 heavy (non-hydrogen) atoms. The summed E-state index contributed by atoms with van der Waals surface area (Å²) in [7, 11) is -2.13. The molecule has 9 heteroatoms. The van der Waals surface area contributed by atoms with Gasteiger partial charge in [-0.1, -0.05) is 0 Å². The van der Waals surface area contributed by atoms with Crippen molar-refractivity contribution in [3.8, 4) is 5.75 Å². The minimum Gasteiger partial charge on any atom is -0.493 e. The van der Waals surface area contributed by atoms with Gasteiger partial charge >= 0.3 is 0 Å². The van der Waals surface area contributed by atoms with Crippen molar-refractivity contribution >= 4 is 21.6 Å². The zero-order valence-corrected chi connectivity index (χ0v) is 17.8. The van der Waals surface area contributed by atoms with Gasteiger partial charge in [-0.05, 0) is 51.3 Å². The van der Waals surface area contributed by atoms with Crippen LogP contribution in [0.5, 0.6) is 5.75 Å². The number of benzene rings is 1. The first-order chi connectivity index (χ1) is 13.8. The van der Waals surface area contributed by atoms with Gasteiger partial charge in [0.15, 0.2) is 0 Å². The summed E-state index contributed by atoms with van der Waals surface area (Å²) in [5.74, 6) is 0.398. The first kappa shape index (κ1) is 19.8. The van der Waals surface area contributed by atoms with E-state index < -0.39 is 10.0 Å². The number of hydrogen-bond acceptors (Lipinski definition) is 5. The number of carbonyl (C=O) groups excluding carboxylic acids is 1. The summed E-state index contributed by atoms with van der Waals surface area (Å²) in [5, 5.41) is 4.19. The second kappa shape index (κ2) is 7.37. The van der Waals surface area contributed by atoms with E-state index in [0.717, 1.165) is 32.2 Å². The molecular weight excluding hydrogens is 392 g/mol. The van der Waals surface area contributed by atoms with Crippen molar-refractivity contribution in [2.45, 2.75) is 50.5 Å². The quantitative estimate of drug-likeness (QED) is 0.827. The molecule has 0 unspecified atom stereocenters. The SMILES string of the molecule is Cc1nn(C)c(C)c1S(=O)(=O)Nc1ccc2c(c1)C(=O)N1CCCC[C@H]1CCO2. The number of fused-ring (bicyclic) bond motifs is 2. The van der Waals surface area contributed by atoms with Crippen molar-refractivity contribution in [3.05, 3.63) is 35.2 Å². The minimum atomic E-state index is -3.84. The summed E-state index contributed by atoms with van der Waals surface area (Å²) in [4.78, 5) is 15.3. The van der Waals surface area contributed by atoms with Crippen LogP contribution >= 0.6 is 0 Å². The smallest absolute Gasteiger partial charge is 0.265 e. The topological polar surface area (TPSA) is 93.5 Å². The molecule has 1 N–H and O–H groups in total. The first-order valence-corrected chi connectivity index (χ1v) is 11.4. The van der Waals surface area contributed by atoms with Gasteiger partial charge in [-0.2, -0.15) is 5.10 Å². The number of aromatic nitrogens is 2. The van der Waals surface area contributed by atoms with E-state index >= 15 is 0 Å². The summed E-state index contributed by atoms with van der Waals surface area (Å²) in [5.41, 5.74) is 1.71. The van der Waals surface area contributed by atoms with Gasteiger partial charge in [0, 0.05) is 31.7 Å². The number of hydrogen-bond donors (Lipinski definition) is 1. The number of rotatable bonds is 3. The number of sulfonamides is 1. The molecule has 2 aromatic rings. The van der Waals surface area contributed by atoms with Gasteiger partial charge in [-0.3, -0.25) is 14.2 Å². The first-order valence-electron chi connectivity index (χ1n) is 9.89.